The maximum Gasteiger partial charge on any atom is 0.225 e. The highest BCUT2D eigenvalue weighted by Gasteiger charge is 2.30. The number of hydrogen-bond acceptors (Lipinski definition) is 4. The Hall–Kier alpha value is -2.28. The van der Waals surface area contributed by atoms with E-state index < -0.39 is 0 Å². The zero-order valence-corrected chi connectivity index (χ0v) is 17.1. The Morgan fingerprint density at radius 2 is 2.00 bits per heavy atom. The molecule has 7 heteroatoms. The number of methoxy groups -OCH3 is 1. The van der Waals surface area contributed by atoms with Crippen LogP contribution in [-0.2, 0) is 11.3 Å². The van der Waals surface area contributed by atoms with Crippen LogP contribution >= 0.6 is 0 Å². The lowest BCUT2D eigenvalue weighted by Gasteiger charge is -2.38. The molecule has 0 radical (unpaired) electrons. The van der Waals surface area contributed by atoms with Crippen LogP contribution in [0.1, 0.15) is 24.8 Å². The van der Waals surface area contributed by atoms with E-state index in [2.05, 4.69) is 31.5 Å². The van der Waals surface area contributed by atoms with Gasteiger partial charge in [-0.15, -0.1) is 0 Å². The molecular formula is C21H33N5O2. The van der Waals surface area contributed by atoms with Gasteiger partial charge in [-0.05, 0) is 30.5 Å². The number of ether oxygens (including phenoxy) is 1. The zero-order chi connectivity index (χ0) is 19.8. The molecular weight excluding hydrogens is 354 g/mol. The Bertz CT molecular complexity index is 667. The molecule has 0 aromatic heterocycles. The van der Waals surface area contributed by atoms with Gasteiger partial charge in [0.1, 0.15) is 5.75 Å². The summed E-state index contributed by atoms with van der Waals surface area (Å²) >= 11 is 0. The number of carbonyl (C=O) groups is 1. The number of hydrogen-bond donors (Lipinski definition) is 2. The normalized spacial score (nSPS) is 18.5. The van der Waals surface area contributed by atoms with E-state index in [9.17, 15) is 4.79 Å². The van der Waals surface area contributed by atoms with Crippen LogP contribution in [0, 0.1) is 5.92 Å². The van der Waals surface area contributed by atoms with Crippen LogP contribution in [0.25, 0.3) is 0 Å². The number of carbonyl (C=O) groups excluding carboxylic acids is 1. The number of nitrogens with one attached hydrogen (secondary N) is 2. The summed E-state index contributed by atoms with van der Waals surface area (Å²) in [6.45, 7) is 6.10. The second-order valence-electron chi connectivity index (χ2n) is 7.50. The molecule has 0 atom stereocenters. The van der Waals surface area contributed by atoms with Crippen LogP contribution in [-0.4, -0.2) is 75.1 Å². The lowest BCUT2D eigenvalue weighted by molar-refractivity contribution is -0.139. The fourth-order valence-electron chi connectivity index (χ4n) is 3.63. The van der Waals surface area contributed by atoms with Crippen molar-refractivity contribution in [3.8, 4) is 5.75 Å². The van der Waals surface area contributed by atoms with Gasteiger partial charge in [-0.25, -0.2) is 0 Å². The minimum Gasteiger partial charge on any atom is -0.497 e. The number of nitrogens with zero attached hydrogens (tertiary/aromatic N) is 3. The van der Waals surface area contributed by atoms with E-state index in [1.807, 2.05) is 18.2 Å². The van der Waals surface area contributed by atoms with Gasteiger partial charge < -0.3 is 20.3 Å². The van der Waals surface area contributed by atoms with E-state index in [0.717, 1.165) is 69.4 Å². The molecule has 1 aliphatic heterocycles. The third kappa shape index (κ3) is 5.61. The Kier molecular flexibility index (Phi) is 7.54. The molecule has 1 saturated carbocycles. The number of benzene rings is 1. The molecule has 1 aromatic carbocycles. The second kappa shape index (κ2) is 10.3. The SMILES string of the molecule is CN=C(NCCN1CCN(C(=O)C2CCC2)CC1)NCc1cccc(OC)c1. The zero-order valence-electron chi connectivity index (χ0n) is 17.1. The predicted molar refractivity (Wildman–Crippen MR) is 112 cm³/mol. The average Bonchev–Trinajstić information content (AvgIpc) is 2.69. The standard InChI is InChI=1S/C21H33N5O2/c1-22-21(24-16-17-5-3-8-19(15-17)28-2)23-9-10-25-11-13-26(14-12-25)20(27)18-6-4-7-18/h3,5,8,15,18H,4,6-7,9-14,16H2,1-2H3,(H2,22,23,24). The second-order valence-corrected chi connectivity index (χ2v) is 7.50. The van der Waals surface area contributed by atoms with E-state index in [1.54, 1.807) is 14.2 Å². The molecule has 2 aliphatic rings. The van der Waals surface area contributed by atoms with Crippen LogP contribution in [0.5, 0.6) is 5.75 Å². The van der Waals surface area contributed by atoms with E-state index in [-0.39, 0.29) is 0 Å². The minimum absolute atomic E-state index is 0.312. The lowest BCUT2D eigenvalue weighted by Crippen LogP contribution is -2.52. The van der Waals surface area contributed by atoms with Gasteiger partial charge in [0.15, 0.2) is 5.96 Å². The van der Waals surface area contributed by atoms with Crippen LogP contribution < -0.4 is 15.4 Å². The maximum atomic E-state index is 12.3. The first kappa shape index (κ1) is 20.5. The molecule has 2 N–H and O–H groups in total. The van der Waals surface area contributed by atoms with E-state index >= 15 is 0 Å². The average molecular weight is 388 g/mol. The van der Waals surface area contributed by atoms with Crippen molar-refractivity contribution in [3.63, 3.8) is 0 Å². The van der Waals surface area contributed by atoms with Crippen molar-refractivity contribution in [2.24, 2.45) is 10.9 Å². The van der Waals surface area contributed by atoms with Gasteiger partial charge in [-0.2, -0.15) is 0 Å². The Balaban J connectivity index is 1.33. The first-order chi connectivity index (χ1) is 13.7. The molecule has 28 heavy (non-hydrogen) atoms. The smallest absolute Gasteiger partial charge is 0.225 e. The highest BCUT2D eigenvalue weighted by atomic mass is 16.5. The van der Waals surface area contributed by atoms with Crippen molar-refractivity contribution in [3.05, 3.63) is 29.8 Å². The number of guanidine groups is 1. The lowest BCUT2D eigenvalue weighted by atomic mass is 9.84. The molecule has 1 aliphatic carbocycles. The van der Waals surface area contributed by atoms with E-state index in [1.165, 1.54) is 6.42 Å². The molecule has 0 spiro atoms. The predicted octanol–water partition coefficient (Wildman–Crippen LogP) is 1.30. The highest BCUT2D eigenvalue weighted by molar-refractivity contribution is 5.80. The fourth-order valence-corrected chi connectivity index (χ4v) is 3.63. The third-order valence-corrected chi connectivity index (χ3v) is 5.68. The topological polar surface area (TPSA) is 69.2 Å². The first-order valence-electron chi connectivity index (χ1n) is 10.3. The number of aliphatic imine (C=N–C) groups is 1. The third-order valence-electron chi connectivity index (χ3n) is 5.68. The summed E-state index contributed by atoms with van der Waals surface area (Å²) in [6, 6.07) is 8.01. The molecule has 1 saturated heterocycles. The minimum atomic E-state index is 0.312. The highest BCUT2D eigenvalue weighted by Crippen LogP contribution is 2.28. The quantitative estimate of drug-likeness (QED) is 0.545. The molecule has 1 aromatic rings. The van der Waals surface area contributed by atoms with Crippen LogP contribution in [0.4, 0.5) is 0 Å². The van der Waals surface area contributed by atoms with Gasteiger partial charge in [0, 0.05) is 58.8 Å². The molecule has 2 fully saturated rings. The summed E-state index contributed by atoms with van der Waals surface area (Å²) in [7, 11) is 3.46. The number of piperazine rings is 1. The van der Waals surface area contributed by atoms with Crippen molar-refractivity contribution < 1.29 is 9.53 Å². The van der Waals surface area contributed by atoms with Crippen molar-refractivity contribution in [2.45, 2.75) is 25.8 Å². The Labute approximate surface area is 168 Å². The van der Waals surface area contributed by atoms with Crippen LogP contribution in [0.3, 0.4) is 0 Å². The van der Waals surface area contributed by atoms with Gasteiger partial charge in [0.05, 0.1) is 7.11 Å². The molecule has 0 bridgehead atoms. The molecule has 7 nitrogen and oxygen atoms in total. The fraction of sp³-hybridized carbons (Fsp3) is 0.619. The Morgan fingerprint density at radius 1 is 1.21 bits per heavy atom. The molecule has 1 amide bonds. The summed E-state index contributed by atoms with van der Waals surface area (Å²) in [4.78, 5) is 21.1. The molecule has 1 heterocycles. The number of rotatable bonds is 7. The Morgan fingerprint density at radius 3 is 2.64 bits per heavy atom. The number of amides is 1. The van der Waals surface area contributed by atoms with Gasteiger partial charge in [0.25, 0.3) is 0 Å². The van der Waals surface area contributed by atoms with Crippen LogP contribution in [0.2, 0.25) is 0 Å². The summed E-state index contributed by atoms with van der Waals surface area (Å²) in [5.74, 6) is 2.34. The summed E-state index contributed by atoms with van der Waals surface area (Å²) in [5.41, 5.74) is 1.15. The summed E-state index contributed by atoms with van der Waals surface area (Å²) in [6.07, 6.45) is 3.39. The summed E-state index contributed by atoms with van der Waals surface area (Å²) < 4.78 is 5.26. The van der Waals surface area contributed by atoms with Crippen molar-refractivity contribution >= 4 is 11.9 Å². The largest absolute Gasteiger partial charge is 0.497 e. The van der Waals surface area contributed by atoms with Gasteiger partial charge in [-0.1, -0.05) is 18.6 Å². The van der Waals surface area contributed by atoms with Gasteiger partial charge in [0.2, 0.25) is 5.91 Å². The van der Waals surface area contributed by atoms with E-state index in [0.29, 0.717) is 18.4 Å². The summed E-state index contributed by atoms with van der Waals surface area (Å²) in [5, 5.41) is 6.71. The molecule has 0 unspecified atom stereocenters. The van der Waals surface area contributed by atoms with Gasteiger partial charge in [-0.3, -0.25) is 14.7 Å². The van der Waals surface area contributed by atoms with Gasteiger partial charge >= 0.3 is 0 Å². The molecule has 154 valence electrons. The van der Waals surface area contributed by atoms with Crippen LogP contribution in [0.15, 0.2) is 29.3 Å². The first-order valence-corrected chi connectivity index (χ1v) is 10.3. The van der Waals surface area contributed by atoms with Crippen molar-refractivity contribution in [1.82, 2.24) is 20.4 Å². The van der Waals surface area contributed by atoms with Crippen molar-refractivity contribution in [1.29, 1.82) is 0 Å². The maximum absolute atomic E-state index is 12.3. The van der Waals surface area contributed by atoms with E-state index in [4.69, 9.17) is 4.74 Å². The molecule has 3 rings (SSSR count). The monoisotopic (exact) mass is 387 g/mol. The van der Waals surface area contributed by atoms with Crippen molar-refractivity contribution in [2.75, 3.05) is 53.4 Å².